The molecule has 0 atom stereocenters. The van der Waals surface area contributed by atoms with Crippen molar-refractivity contribution in [3.8, 4) is 5.88 Å². The van der Waals surface area contributed by atoms with Gasteiger partial charge in [-0.25, -0.2) is 4.98 Å². The number of hydrogen-bond donors (Lipinski definition) is 0. The molecule has 0 aliphatic carbocycles. The number of alkyl halides is 3. The first-order valence-electron chi connectivity index (χ1n) is 9.24. The Morgan fingerprint density at radius 3 is 2.66 bits per heavy atom. The fourth-order valence-corrected chi connectivity index (χ4v) is 3.79. The van der Waals surface area contributed by atoms with Gasteiger partial charge in [-0.15, -0.1) is 10.2 Å². The van der Waals surface area contributed by atoms with Crippen molar-refractivity contribution in [2.45, 2.75) is 38.5 Å². The summed E-state index contributed by atoms with van der Waals surface area (Å²) in [5.41, 5.74) is 1.95. The second kappa shape index (κ2) is 7.70. The van der Waals surface area contributed by atoms with Gasteiger partial charge in [-0.1, -0.05) is 17.7 Å². The Hall–Kier alpha value is -2.55. The molecule has 1 saturated heterocycles. The highest BCUT2D eigenvalue weighted by Crippen LogP contribution is 2.33. The number of anilines is 1. The van der Waals surface area contributed by atoms with Crippen LogP contribution in [-0.2, 0) is 6.42 Å². The van der Waals surface area contributed by atoms with Gasteiger partial charge < -0.3 is 9.64 Å². The molecule has 6 nitrogen and oxygen atoms in total. The summed E-state index contributed by atoms with van der Waals surface area (Å²) in [7, 11) is 0. The van der Waals surface area contributed by atoms with E-state index < -0.39 is 12.6 Å². The summed E-state index contributed by atoms with van der Waals surface area (Å²) in [6.45, 7) is 3.37. The van der Waals surface area contributed by atoms with Crippen molar-refractivity contribution in [1.82, 2.24) is 19.6 Å². The van der Waals surface area contributed by atoms with Crippen LogP contribution in [0, 0.1) is 6.92 Å². The minimum Gasteiger partial charge on any atom is -0.474 e. The molecule has 4 heterocycles. The maximum Gasteiger partial charge on any atom is 0.396 e. The van der Waals surface area contributed by atoms with Crippen molar-refractivity contribution >= 4 is 22.9 Å². The van der Waals surface area contributed by atoms with Crippen LogP contribution < -0.4 is 9.64 Å². The molecule has 3 aromatic rings. The van der Waals surface area contributed by atoms with Crippen molar-refractivity contribution in [3.05, 3.63) is 47.0 Å². The number of piperidine rings is 1. The third-order valence-electron chi connectivity index (χ3n) is 4.95. The maximum absolute atomic E-state index is 12.7. The number of fused-ring (bicyclic) bond motifs is 1. The molecule has 1 aliphatic heterocycles. The first kappa shape index (κ1) is 19.8. The van der Waals surface area contributed by atoms with Crippen LogP contribution in [0.1, 0.15) is 24.2 Å². The summed E-state index contributed by atoms with van der Waals surface area (Å²) in [5, 5.41) is 7.82. The summed E-state index contributed by atoms with van der Waals surface area (Å²) in [4.78, 5) is 6.36. The van der Waals surface area contributed by atoms with Crippen molar-refractivity contribution in [2.24, 2.45) is 0 Å². The Morgan fingerprint density at radius 2 is 1.97 bits per heavy atom. The highest BCUT2D eigenvalue weighted by atomic mass is 35.5. The van der Waals surface area contributed by atoms with Crippen molar-refractivity contribution < 1.29 is 17.9 Å². The van der Waals surface area contributed by atoms with Gasteiger partial charge in [0.15, 0.2) is 5.65 Å². The third-order valence-corrected chi connectivity index (χ3v) is 5.31. The van der Waals surface area contributed by atoms with Crippen LogP contribution in [-0.4, -0.2) is 45.0 Å². The number of rotatable bonds is 4. The number of ether oxygens (including phenoxy) is 1. The average molecular weight is 426 g/mol. The van der Waals surface area contributed by atoms with Gasteiger partial charge >= 0.3 is 6.18 Å². The second-order valence-corrected chi connectivity index (χ2v) is 7.42. The summed E-state index contributed by atoms with van der Waals surface area (Å²) in [5.74, 6) is 0.463. The summed E-state index contributed by atoms with van der Waals surface area (Å²) < 4.78 is 45.4. The second-order valence-electron chi connectivity index (χ2n) is 7.05. The molecule has 0 bridgehead atoms. The molecule has 0 unspecified atom stereocenters. The molecular formula is C19H19ClF3N5O. The van der Waals surface area contributed by atoms with E-state index >= 15 is 0 Å². The molecular weight excluding hydrogens is 407 g/mol. The quantitative estimate of drug-likeness (QED) is 0.626. The fraction of sp³-hybridized carbons (Fsp3) is 0.421. The van der Waals surface area contributed by atoms with Crippen LogP contribution >= 0.6 is 11.6 Å². The molecule has 3 aromatic heterocycles. The Kier molecular flexibility index (Phi) is 5.24. The van der Waals surface area contributed by atoms with Gasteiger partial charge in [0.25, 0.3) is 0 Å². The van der Waals surface area contributed by atoms with Crippen molar-refractivity contribution in [3.63, 3.8) is 0 Å². The first-order chi connectivity index (χ1) is 13.8. The number of hydrogen-bond acceptors (Lipinski definition) is 5. The summed E-state index contributed by atoms with van der Waals surface area (Å²) >= 11 is 6.46. The van der Waals surface area contributed by atoms with Crippen molar-refractivity contribution in [2.75, 3.05) is 18.0 Å². The molecule has 0 N–H and O–H groups in total. The number of nitrogens with zero attached hydrogens (tertiary/aromatic N) is 5. The Labute approximate surface area is 170 Å². The zero-order chi connectivity index (χ0) is 20.6. The number of aryl methyl sites for hydroxylation is 1. The van der Waals surface area contributed by atoms with E-state index in [0.29, 0.717) is 24.0 Å². The van der Waals surface area contributed by atoms with Gasteiger partial charge in [0.05, 0.1) is 5.69 Å². The van der Waals surface area contributed by atoms with E-state index in [-0.39, 0.29) is 17.6 Å². The smallest absolute Gasteiger partial charge is 0.396 e. The monoisotopic (exact) mass is 425 g/mol. The first-order valence-corrected chi connectivity index (χ1v) is 9.62. The van der Waals surface area contributed by atoms with E-state index in [4.69, 9.17) is 16.3 Å². The Bertz CT molecular complexity index is 1010. The Balaban J connectivity index is 1.47. The molecule has 0 radical (unpaired) electrons. The molecule has 1 aliphatic rings. The minimum absolute atomic E-state index is 0.0498. The van der Waals surface area contributed by atoms with E-state index in [1.165, 1.54) is 10.6 Å². The number of pyridine rings is 2. The molecule has 0 amide bonds. The molecule has 154 valence electrons. The van der Waals surface area contributed by atoms with Crippen LogP contribution in [0.25, 0.3) is 5.65 Å². The summed E-state index contributed by atoms with van der Waals surface area (Å²) in [6.07, 6.45) is -0.654. The molecule has 29 heavy (non-hydrogen) atoms. The van der Waals surface area contributed by atoms with Gasteiger partial charge in [-0.2, -0.15) is 13.2 Å². The van der Waals surface area contributed by atoms with E-state index in [2.05, 4.69) is 20.1 Å². The minimum atomic E-state index is -4.36. The maximum atomic E-state index is 12.7. The third kappa shape index (κ3) is 4.24. The number of halogens is 4. The zero-order valence-electron chi connectivity index (χ0n) is 15.7. The predicted molar refractivity (Wildman–Crippen MR) is 103 cm³/mol. The SMILES string of the molecule is Cc1cccnc1OC1CCN(c2ccn3c(CC(F)(F)F)nnc3c2Cl)CC1. The van der Waals surface area contributed by atoms with Gasteiger partial charge in [0, 0.05) is 43.9 Å². The lowest BCUT2D eigenvalue weighted by atomic mass is 10.1. The van der Waals surface area contributed by atoms with Crippen LogP contribution in [0.15, 0.2) is 30.6 Å². The topological polar surface area (TPSA) is 55.5 Å². The molecule has 4 rings (SSSR count). The van der Waals surface area contributed by atoms with Gasteiger partial charge in [0.2, 0.25) is 5.88 Å². The fourth-order valence-electron chi connectivity index (χ4n) is 3.47. The molecule has 0 spiro atoms. The van der Waals surface area contributed by atoms with Crippen molar-refractivity contribution in [1.29, 1.82) is 0 Å². The average Bonchev–Trinajstić information content (AvgIpc) is 3.07. The summed E-state index contributed by atoms with van der Waals surface area (Å²) in [6, 6.07) is 5.54. The zero-order valence-corrected chi connectivity index (χ0v) is 16.4. The normalized spacial score (nSPS) is 15.8. The number of aromatic nitrogens is 4. The molecule has 0 aromatic carbocycles. The van der Waals surface area contributed by atoms with E-state index in [9.17, 15) is 13.2 Å². The van der Waals surface area contributed by atoms with Crippen LogP contribution in [0.5, 0.6) is 5.88 Å². The largest absolute Gasteiger partial charge is 0.474 e. The van der Waals surface area contributed by atoms with E-state index in [1.807, 2.05) is 19.1 Å². The molecule has 10 heteroatoms. The highest BCUT2D eigenvalue weighted by Gasteiger charge is 2.31. The lowest BCUT2D eigenvalue weighted by Crippen LogP contribution is -2.38. The van der Waals surface area contributed by atoms with Gasteiger partial charge in [0.1, 0.15) is 23.4 Å². The van der Waals surface area contributed by atoms with Gasteiger partial charge in [-0.05, 0) is 19.1 Å². The molecule has 1 fully saturated rings. The highest BCUT2D eigenvalue weighted by molar-refractivity contribution is 6.36. The Morgan fingerprint density at radius 1 is 1.21 bits per heavy atom. The molecule has 0 saturated carbocycles. The standard InChI is InChI=1S/C19H19ClF3N5O/c1-12-3-2-7-24-18(12)29-13-4-8-27(9-5-13)14-6-10-28-15(11-19(21,22)23)25-26-17(28)16(14)20/h2-3,6-7,10,13H,4-5,8-9,11H2,1H3. The van der Waals surface area contributed by atoms with E-state index in [1.54, 1.807) is 12.3 Å². The lowest BCUT2D eigenvalue weighted by Gasteiger charge is -2.34. The van der Waals surface area contributed by atoms with Crippen LogP contribution in [0.4, 0.5) is 18.9 Å². The lowest BCUT2D eigenvalue weighted by molar-refractivity contribution is -0.128. The van der Waals surface area contributed by atoms with Crippen LogP contribution in [0.3, 0.4) is 0 Å². The van der Waals surface area contributed by atoms with E-state index in [0.717, 1.165) is 24.1 Å². The van der Waals surface area contributed by atoms with Gasteiger partial charge in [-0.3, -0.25) is 4.40 Å². The van der Waals surface area contributed by atoms with Crippen LogP contribution in [0.2, 0.25) is 5.02 Å². The predicted octanol–water partition coefficient (Wildman–Crippen LogP) is 4.24.